The number of rotatable bonds is 7. The molecule has 4 rings (SSSR count). The van der Waals surface area contributed by atoms with E-state index in [0.717, 1.165) is 13.1 Å². The number of anilines is 1. The zero-order chi connectivity index (χ0) is 21.7. The molecule has 0 aliphatic carbocycles. The van der Waals surface area contributed by atoms with Crippen LogP contribution in [0, 0.1) is 0 Å². The number of hydrogen-bond donors (Lipinski definition) is 1. The van der Waals surface area contributed by atoms with Crippen molar-refractivity contribution in [1.82, 2.24) is 10.2 Å². The average Bonchev–Trinajstić information content (AvgIpc) is 2.79. The normalized spacial score (nSPS) is 19.4. The van der Waals surface area contributed by atoms with Gasteiger partial charge in [0.2, 0.25) is 10.0 Å². The van der Waals surface area contributed by atoms with E-state index in [4.69, 9.17) is 9.47 Å². The molecule has 0 aromatic heterocycles. The Kier molecular flexibility index (Phi) is 6.74. The van der Waals surface area contributed by atoms with Crippen LogP contribution in [0.1, 0.15) is 5.56 Å². The van der Waals surface area contributed by atoms with Gasteiger partial charge in [0, 0.05) is 26.2 Å². The fourth-order valence-corrected chi connectivity index (χ4v) is 5.32. The highest BCUT2D eigenvalue weighted by Gasteiger charge is 2.36. The lowest BCUT2D eigenvalue weighted by Gasteiger charge is -2.35. The Balaban J connectivity index is 1.45. The third kappa shape index (κ3) is 5.36. The van der Waals surface area contributed by atoms with Crippen LogP contribution < -0.4 is 14.4 Å². The summed E-state index contributed by atoms with van der Waals surface area (Å²) in [6, 6.07) is 15.9. The minimum absolute atomic E-state index is 0.0600. The number of benzene rings is 2. The molecule has 166 valence electrons. The van der Waals surface area contributed by atoms with Gasteiger partial charge in [0.05, 0.1) is 31.2 Å². The lowest BCUT2D eigenvalue weighted by atomic mass is 10.2. The van der Waals surface area contributed by atoms with Crippen LogP contribution in [-0.4, -0.2) is 71.3 Å². The van der Waals surface area contributed by atoms with E-state index in [2.05, 4.69) is 10.2 Å². The number of para-hydroxylation sites is 2. The summed E-state index contributed by atoms with van der Waals surface area (Å²) in [5, 5.41) is 2.88. The van der Waals surface area contributed by atoms with Gasteiger partial charge in [-0.2, -0.15) is 0 Å². The van der Waals surface area contributed by atoms with E-state index < -0.39 is 16.1 Å². The predicted molar refractivity (Wildman–Crippen MR) is 118 cm³/mol. The van der Waals surface area contributed by atoms with E-state index in [1.54, 1.807) is 36.4 Å². The molecule has 2 aromatic rings. The smallest absolute Gasteiger partial charge is 0.263 e. The van der Waals surface area contributed by atoms with Crippen molar-refractivity contribution < 1.29 is 22.7 Å². The number of carbonyl (C=O) groups excluding carboxylic acids is 1. The third-order valence-corrected chi connectivity index (χ3v) is 7.10. The fourth-order valence-electron chi connectivity index (χ4n) is 3.74. The van der Waals surface area contributed by atoms with Gasteiger partial charge in [0.1, 0.15) is 5.75 Å². The number of hydrogen-bond acceptors (Lipinski definition) is 6. The maximum Gasteiger partial charge on any atom is 0.263 e. The Hall–Kier alpha value is -2.62. The first-order valence-corrected chi connectivity index (χ1v) is 12.0. The van der Waals surface area contributed by atoms with Crippen LogP contribution in [0.15, 0.2) is 54.6 Å². The van der Waals surface area contributed by atoms with E-state index in [-0.39, 0.29) is 18.2 Å². The van der Waals surface area contributed by atoms with Gasteiger partial charge in [-0.1, -0.05) is 42.5 Å². The number of ether oxygens (including phenoxy) is 2. The highest BCUT2D eigenvalue weighted by atomic mass is 32.2. The number of nitrogens with one attached hydrogen (secondary N) is 1. The van der Waals surface area contributed by atoms with Crippen molar-refractivity contribution in [3.8, 4) is 5.75 Å². The Morgan fingerprint density at radius 3 is 2.52 bits per heavy atom. The Morgan fingerprint density at radius 1 is 1.03 bits per heavy atom. The van der Waals surface area contributed by atoms with Crippen molar-refractivity contribution in [2.75, 3.05) is 50.2 Å². The second-order valence-corrected chi connectivity index (χ2v) is 9.49. The third-order valence-electron chi connectivity index (χ3n) is 5.39. The molecule has 0 saturated carbocycles. The molecule has 0 spiro atoms. The molecule has 2 aromatic carbocycles. The summed E-state index contributed by atoms with van der Waals surface area (Å²) in [5.74, 6) is -0.0746. The average molecular weight is 446 g/mol. The molecule has 1 amide bonds. The van der Waals surface area contributed by atoms with Crippen LogP contribution in [0.4, 0.5) is 5.69 Å². The monoisotopic (exact) mass is 445 g/mol. The van der Waals surface area contributed by atoms with Crippen LogP contribution in [-0.2, 0) is 25.3 Å². The number of amides is 1. The molecule has 0 bridgehead atoms. The van der Waals surface area contributed by atoms with Crippen molar-refractivity contribution in [2.24, 2.45) is 0 Å². The molecule has 2 aliphatic rings. The van der Waals surface area contributed by atoms with Crippen molar-refractivity contribution >= 4 is 21.6 Å². The van der Waals surface area contributed by atoms with Crippen LogP contribution >= 0.6 is 0 Å². The molecule has 1 saturated heterocycles. The van der Waals surface area contributed by atoms with Gasteiger partial charge in [0.25, 0.3) is 5.91 Å². The highest BCUT2D eigenvalue weighted by Crippen LogP contribution is 2.35. The second kappa shape index (κ2) is 9.67. The molecule has 1 fully saturated rings. The molecule has 8 nitrogen and oxygen atoms in total. The number of morpholine rings is 1. The van der Waals surface area contributed by atoms with Crippen LogP contribution in [0.25, 0.3) is 0 Å². The van der Waals surface area contributed by atoms with E-state index in [1.165, 1.54) is 4.31 Å². The lowest BCUT2D eigenvalue weighted by molar-refractivity contribution is -0.127. The van der Waals surface area contributed by atoms with Crippen LogP contribution in [0.3, 0.4) is 0 Å². The summed E-state index contributed by atoms with van der Waals surface area (Å²) in [6.45, 7) is 4.21. The standard InChI is InChI=1S/C22H27N3O5S/c26-22(23-10-11-24-12-14-29-15-13-24)21-16-25(19-8-4-5-9-20(19)30-21)31(27,28)17-18-6-2-1-3-7-18/h1-9,21H,10-17H2,(H,23,26). The quantitative estimate of drug-likeness (QED) is 0.690. The Labute approximate surface area is 182 Å². The van der Waals surface area contributed by atoms with Crippen molar-refractivity contribution in [3.63, 3.8) is 0 Å². The molecule has 31 heavy (non-hydrogen) atoms. The molecule has 1 unspecified atom stereocenters. The topological polar surface area (TPSA) is 88.2 Å². The molecule has 9 heteroatoms. The van der Waals surface area contributed by atoms with Gasteiger partial charge in [-0.05, 0) is 17.7 Å². The molecule has 1 N–H and O–H groups in total. The SMILES string of the molecule is O=C(NCCN1CCOCC1)C1CN(S(=O)(=O)Cc2ccccc2)c2ccccc2O1. The largest absolute Gasteiger partial charge is 0.476 e. The second-order valence-electron chi connectivity index (χ2n) is 7.59. The summed E-state index contributed by atoms with van der Waals surface area (Å²) >= 11 is 0. The Morgan fingerprint density at radius 2 is 1.74 bits per heavy atom. The maximum absolute atomic E-state index is 13.2. The van der Waals surface area contributed by atoms with E-state index in [1.807, 2.05) is 18.2 Å². The minimum Gasteiger partial charge on any atom is -0.476 e. The first-order chi connectivity index (χ1) is 15.0. The number of fused-ring (bicyclic) bond motifs is 1. The summed E-state index contributed by atoms with van der Waals surface area (Å²) in [6.07, 6.45) is -0.912. The zero-order valence-corrected chi connectivity index (χ0v) is 18.1. The van der Waals surface area contributed by atoms with Crippen molar-refractivity contribution in [3.05, 3.63) is 60.2 Å². The highest BCUT2D eigenvalue weighted by molar-refractivity contribution is 7.92. The predicted octanol–water partition coefficient (Wildman–Crippen LogP) is 1.23. The Bertz CT molecular complexity index is 993. The minimum atomic E-state index is -3.70. The van der Waals surface area contributed by atoms with Crippen molar-refractivity contribution in [2.45, 2.75) is 11.9 Å². The molecule has 0 radical (unpaired) electrons. The number of nitrogens with zero attached hydrogens (tertiary/aromatic N) is 2. The fraction of sp³-hybridized carbons (Fsp3) is 0.409. The van der Waals surface area contributed by atoms with Gasteiger partial charge < -0.3 is 14.8 Å². The van der Waals surface area contributed by atoms with Crippen LogP contribution in [0.5, 0.6) is 5.75 Å². The van der Waals surface area contributed by atoms with E-state index >= 15 is 0 Å². The summed E-state index contributed by atoms with van der Waals surface area (Å²) in [4.78, 5) is 15.0. The van der Waals surface area contributed by atoms with E-state index in [0.29, 0.717) is 43.3 Å². The van der Waals surface area contributed by atoms with Gasteiger partial charge in [-0.15, -0.1) is 0 Å². The maximum atomic E-state index is 13.2. The summed E-state index contributed by atoms with van der Waals surface area (Å²) < 4.78 is 38.9. The van der Waals surface area contributed by atoms with Crippen molar-refractivity contribution in [1.29, 1.82) is 0 Å². The summed E-state index contributed by atoms with van der Waals surface area (Å²) in [7, 11) is -3.70. The zero-order valence-electron chi connectivity index (χ0n) is 17.3. The summed E-state index contributed by atoms with van der Waals surface area (Å²) in [5.41, 5.74) is 1.15. The molecule has 1 atom stereocenters. The van der Waals surface area contributed by atoms with Gasteiger partial charge in [0.15, 0.2) is 6.10 Å². The molecular formula is C22H27N3O5S. The van der Waals surface area contributed by atoms with Crippen LogP contribution in [0.2, 0.25) is 0 Å². The molecular weight excluding hydrogens is 418 g/mol. The number of sulfonamides is 1. The van der Waals surface area contributed by atoms with Gasteiger partial charge in [-0.3, -0.25) is 14.0 Å². The lowest BCUT2D eigenvalue weighted by Crippen LogP contribution is -2.52. The number of carbonyl (C=O) groups is 1. The van der Waals surface area contributed by atoms with Gasteiger partial charge in [-0.25, -0.2) is 8.42 Å². The first kappa shape index (κ1) is 21.6. The molecule has 2 aliphatic heterocycles. The first-order valence-electron chi connectivity index (χ1n) is 10.4. The molecule has 2 heterocycles. The van der Waals surface area contributed by atoms with Gasteiger partial charge >= 0.3 is 0 Å². The van der Waals surface area contributed by atoms with E-state index in [9.17, 15) is 13.2 Å².